The van der Waals surface area contributed by atoms with Gasteiger partial charge in [0.2, 0.25) is 5.82 Å². The van der Waals surface area contributed by atoms with Crippen LogP contribution >= 0.6 is 0 Å². The Bertz CT molecular complexity index is 407. The Hall–Kier alpha value is -1.52. The van der Waals surface area contributed by atoms with Crippen LogP contribution in [-0.4, -0.2) is 4.92 Å². The van der Waals surface area contributed by atoms with Gasteiger partial charge in [0.25, 0.3) is 0 Å². The van der Waals surface area contributed by atoms with Crippen molar-refractivity contribution in [3.8, 4) is 0 Å². The Labute approximate surface area is 92.2 Å². The lowest BCUT2D eigenvalue weighted by Gasteiger charge is -2.10. The van der Waals surface area contributed by atoms with Gasteiger partial charge in [-0.1, -0.05) is 20.3 Å². The van der Waals surface area contributed by atoms with Crippen molar-refractivity contribution in [1.29, 1.82) is 0 Å². The standard InChI is InChI=1S/C11H13F2NO2/c1-3-7(2)6-8-9(12)4-5-10(11(8)13)14(15)16/h4-5,7H,3,6H2,1-2H3. The summed E-state index contributed by atoms with van der Waals surface area (Å²) in [7, 11) is 0. The molecule has 1 atom stereocenters. The Balaban J connectivity index is 3.16. The summed E-state index contributed by atoms with van der Waals surface area (Å²) in [6.45, 7) is 3.75. The fourth-order valence-corrected chi connectivity index (χ4v) is 1.41. The highest BCUT2D eigenvalue weighted by molar-refractivity contribution is 5.37. The summed E-state index contributed by atoms with van der Waals surface area (Å²) >= 11 is 0. The number of nitrogens with zero attached hydrogens (tertiary/aromatic N) is 1. The van der Waals surface area contributed by atoms with E-state index in [1.807, 2.05) is 13.8 Å². The Morgan fingerprint density at radius 2 is 2.06 bits per heavy atom. The highest BCUT2D eigenvalue weighted by atomic mass is 19.1. The minimum atomic E-state index is -1.05. The fourth-order valence-electron chi connectivity index (χ4n) is 1.41. The Kier molecular flexibility index (Phi) is 3.93. The van der Waals surface area contributed by atoms with Crippen LogP contribution in [0.15, 0.2) is 12.1 Å². The maximum absolute atomic E-state index is 13.6. The largest absolute Gasteiger partial charge is 0.305 e. The van der Waals surface area contributed by atoms with Gasteiger partial charge in [-0.05, 0) is 18.4 Å². The van der Waals surface area contributed by atoms with Crippen molar-refractivity contribution in [2.75, 3.05) is 0 Å². The molecule has 88 valence electrons. The summed E-state index contributed by atoms with van der Waals surface area (Å²) in [4.78, 5) is 9.65. The third kappa shape index (κ3) is 2.53. The van der Waals surface area contributed by atoms with Gasteiger partial charge in [0.1, 0.15) is 5.82 Å². The zero-order valence-electron chi connectivity index (χ0n) is 9.17. The molecule has 0 N–H and O–H groups in total. The Morgan fingerprint density at radius 1 is 1.44 bits per heavy atom. The molecule has 3 nitrogen and oxygen atoms in total. The molecule has 0 spiro atoms. The number of halogens is 2. The molecule has 0 bridgehead atoms. The van der Waals surface area contributed by atoms with E-state index in [2.05, 4.69) is 0 Å². The third-order valence-corrected chi connectivity index (χ3v) is 2.61. The predicted octanol–water partition coefficient (Wildman–Crippen LogP) is 3.46. The zero-order valence-corrected chi connectivity index (χ0v) is 9.17. The van der Waals surface area contributed by atoms with Gasteiger partial charge >= 0.3 is 5.69 Å². The van der Waals surface area contributed by atoms with Gasteiger partial charge in [-0.25, -0.2) is 4.39 Å². The molecule has 1 unspecified atom stereocenters. The molecule has 0 saturated carbocycles. The molecular formula is C11H13F2NO2. The molecule has 0 heterocycles. The van der Waals surface area contributed by atoms with E-state index in [4.69, 9.17) is 0 Å². The van der Waals surface area contributed by atoms with Gasteiger partial charge in [0.15, 0.2) is 0 Å². The van der Waals surface area contributed by atoms with E-state index in [0.29, 0.717) is 0 Å². The average Bonchev–Trinajstić information content (AvgIpc) is 2.23. The van der Waals surface area contributed by atoms with Crippen molar-refractivity contribution in [3.63, 3.8) is 0 Å². The van der Waals surface area contributed by atoms with Crippen LogP contribution in [0.3, 0.4) is 0 Å². The molecule has 1 aromatic rings. The fraction of sp³-hybridized carbons (Fsp3) is 0.455. The first-order chi connectivity index (χ1) is 7.47. The minimum absolute atomic E-state index is 0.0889. The average molecular weight is 229 g/mol. The number of nitro groups is 1. The third-order valence-electron chi connectivity index (χ3n) is 2.61. The second-order valence-electron chi connectivity index (χ2n) is 3.83. The van der Waals surface area contributed by atoms with Gasteiger partial charge in [0.05, 0.1) is 4.92 Å². The van der Waals surface area contributed by atoms with Crippen LogP contribution in [-0.2, 0) is 6.42 Å². The van der Waals surface area contributed by atoms with Crippen molar-refractivity contribution in [3.05, 3.63) is 39.4 Å². The van der Waals surface area contributed by atoms with Crippen molar-refractivity contribution in [2.45, 2.75) is 26.7 Å². The van der Waals surface area contributed by atoms with Gasteiger partial charge in [-0.3, -0.25) is 10.1 Å². The van der Waals surface area contributed by atoms with Crippen LogP contribution in [0.5, 0.6) is 0 Å². The smallest absolute Gasteiger partial charge is 0.258 e. The van der Waals surface area contributed by atoms with E-state index in [9.17, 15) is 18.9 Å². The topological polar surface area (TPSA) is 43.1 Å². The van der Waals surface area contributed by atoms with E-state index in [1.54, 1.807) is 0 Å². The minimum Gasteiger partial charge on any atom is -0.258 e. The summed E-state index contributed by atoms with van der Waals surface area (Å²) in [5.74, 6) is -1.68. The summed E-state index contributed by atoms with van der Waals surface area (Å²) in [5.41, 5.74) is -0.858. The van der Waals surface area contributed by atoms with Gasteiger partial charge in [0, 0.05) is 11.6 Å². The summed E-state index contributed by atoms with van der Waals surface area (Å²) in [6, 6.07) is 1.80. The number of hydrogen-bond donors (Lipinski definition) is 0. The lowest BCUT2D eigenvalue weighted by atomic mass is 9.97. The van der Waals surface area contributed by atoms with Crippen LogP contribution in [0.1, 0.15) is 25.8 Å². The second-order valence-corrected chi connectivity index (χ2v) is 3.83. The lowest BCUT2D eigenvalue weighted by Crippen LogP contribution is -2.06. The number of hydrogen-bond acceptors (Lipinski definition) is 2. The van der Waals surface area contributed by atoms with Crippen LogP contribution < -0.4 is 0 Å². The van der Waals surface area contributed by atoms with Crippen LogP contribution in [0.2, 0.25) is 0 Å². The first-order valence-corrected chi connectivity index (χ1v) is 5.08. The van der Waals surface area contributed by atoms with Crippen molar-refractivity contribution in [2.24, 2.45) is 5.92 Å². The lowest BCUT2D eigenvalue weighted by molar-refractivity contribution is -0.387. The first-order valence-electron chi connectivity index (χ1n) is 5.08. The highest BCUT2D eigenvalue weighted by Crippen LogP contribution is 2.25. The van der Waals surface area contributed by atoms with Crippen LogP contribution in [0.4, 0.5) is 14.5 Å². The first kappa shape index (κ1) is 12.5. The van der Waals surface area contributed by atoms with Crippen LogP contribution in [0, 0.1) is 27.7 Å². The molecule has 0 aliphatic heterocycles. The number of benzene rings is 1. The van der Waals surface area contributed by atoms with E-state index in [1.165, 1.54) is 0 Å². The predicted molar refractivity (Wildman–Crippen MR) is 56.2 cm³/mol. The molecule has 0 aliphatic carbocycles. The molecule has 5 heteroatoms. The van der Waals surface area contributed by atoms with E-state index < -0.39 is 22.2 Å². The highest BCUT2D eigenvalue weighted by Gasteiger charge is 2.21. The molecule has 1 aromatic carbocycles. The Morgan fingerprint density at radius 3 is 2.56 bits per heavy atom. The van der Waals surface area contributed by atoms with Crippen molar-refractivity contribution < 1.29 is 13.7 Å². The monoisotopic (exact) mass is 229 g/mol. The molecular weight excluding hydrogens is 216 g/mol. The summed E-state index contributed by atoms with van der Waals surface area (Å²) in [5, 5.41) is 10.5. The molecule has 0 fully saturated rings. The van der Waals surface area contributed by atoms with Crippen LogP contribution in [0.25, 0.3) is 0 Å². The number of rotatable bonds is 4. The van der Waals surface area contributed by atoms with Crippen molar-refractivity contribution >= 4 is 5.69 Å². The number of nitro benzene ring substituents is 1. The van der Waals surface area contributed by atoms with E-state index >= 15 is 0 Å². The summed E-state index contributed by atoms with van der Waals surface area (Å²) < 4.78 is 26.9. The second kappa shape index (κ2) is 5.01. The van der Waals surface area contributed by atoms with Gasteiger partial charge in [-0.2, -0.15) is 4.39 Å². The molecule has 0 aromatic heterocycles. The SMILES string of the molecule is CCC(C)Cc1c(F)ccc([N+](=O)[O-])c1F. The summed E-state index contributed by atoms with van der Waals surface area (Å²) in [6.07, 6.45) is 0.942. The van der Waals surface area contributed by atoms with E-state index in [-0.39, 0.29) is 17.9 Å². The molecule has 0 saturated heterocycles. The molecule has 1 rings (SSSR count). The molecule has 0 aliphatic rings. The van der Waals surface area contributed by atoms with E-state index in [0.717, 1.165) is 18.6 Å². The maximum atomic E-state index is 13.6. The van der Waals surface area contributed by atoms with Gasteiger partial charge < -0.3 is 0 Å². The molecule has 0 radical (unpaired) electrons. The molecule has 0 amide bonds. The van der Waals surface area contributed by atoms with Gasteiger partial charge in [-0.15, -0.1) is 0 Å². The van der Waals surface area contributed by atoms with Crippen molar-refractivity contribution in [1.82, 2.24) is 0 Å². The normalized spacial score (nSPS) is 12.5. The zero-order chi connectivity index (χ0) is 12.3. The maximum Gasteiger partial charge on any atom is 0.305 e. The quantitative estimate of drug-likeness (QED) is 0.586. The molecule has 16 heavy (non-hydrogen) atoms.